The van der Waals surface area contributed by atoms with Gasteiger partial charge in [-0.3, -0.25) is 4.79 Å². The smallest absolute Gasteiger partial charge is 0.255 e. The molecule has 1 aromatic carbocycles. The second-order valence-corrected chi connectivity index (χ2v) is 5.47. The van der Waals surface area contributed by atoms with Crippen molar-refractivity contribution < 1.29 is 9.90 Å². The third-order valence-electron chi connectivity index (χ3n) is 2.97. The van der Waals surface area contributed by atoms with Gasteiger partial charge in [0.25, 0.3) is 5.91 Å². The summed E-state index contributed by atoms with van der Waals surface area (Å²) < 4.78 is 0. The monoisotopic (exact) mass is 269 g/mol. The Hall–Kier alpha value is -1.22. The molecule has 0 fully saturated rings. The van der Waals surface area contributed by atoms with Gasteiger partial charge < -0.3 is 10.0 Å². The first kappa shape index (κ1) is 14.8. The summed E-state index contributed by atoms with van der Waals surface area (Å²) in [6.45, 7) is 6.25. The van der Waals surface area contributed by atoms with Crippen LogP contribution in [-0.4, -0.2) is 29.0 Å². The van der Waals surface area contributed by atoms with Gasteiger partial charge in [0.1, 0.15) is 5.75 Å². The molecule has 0 spiro atoms. The first-order valence-corrected chi connectivity index (χ1v) is 6.46. The number of nitrogens with zero attached hydrogens (tertiary/aromatic N) is 1. The van der Waals surface area contributed by atoms with Crippen LogP contribution in [0, 0.1) is 5.92 Å². The first-order chi connectivity index (χ1) is 8.32. The number of benzene rings is 1. The van der Waals surface area contributed by atoms with E-state index in [-0.39, 0.29) is 17.7 Å². The van der Waals surface area contributed by atoms with Crippen LogP contribution in [0.2, 0.25) is 5.02 Å². The van der Waals surface area contributed by atoms with Crippen LogP contribution in [0.3, 0.4) is 0 Å². The van der Waals surface area contributed by atoms with E-state index in [0.717, 1.165) is 6.42 Å². The summed E-state index contributed by atoms with van der Waals surface area (Å²) in [5.41, 5.74) is 0.342. The van der Waals surface area contributed by atoms with Crippen LogP contribution >= 0.6 is 11.6 Å². The molecule has 1 unspecified atom stereocenters. The van der Waals surface area contributed by atoms with Crippen molar-refractivity contribution in [2.24, 2.45) is 5.92 Å². The zero-order valence-corrected chi connectivity index (χ0v) is 12.0. The van der Waals surface area contributed by atoms with Gasteiger partial charge in [-0.1, -0.05) is 25.4 Å². The number of phenolic OH excluding ortho intramolecular Hbond substituents is 1. The normalized spacial score (nSPS) is 12.6. The molecule has 0 bridgehead atoms. The van der Waals surface area contributed by atoms with Gasteiger partial charge in [0.05, 0.1) is 10.6 Å². The maximum absolute atomic E-state index is 12.3. The van der Waals surface area contributed by atoms with Crippen molar-refractivity contribution in [1.82, 2.24) is 4.90 Å². The van der Waals surface area contributed by atoms with Gasteiger partial charge in [0, 0.05) is 13.1 Å². The van der Waals surface area contributed by atoms with Crippen LogP contribution in [-0.2, 0) is 0 Å². The highest BCUT2D eigenvalue weighted by molar-refractivity contribution is 6.33. The van der Waals surface area contributed by atoms with Crippen molar-refractivity contribution in [2.75, 3.05) is 7.05 Å². The fourth-order valence-corrected chi connectivity index (χ4v) is 2.11. The molecular formula is C14H20ClNO2. The van der Waals surface area contributed by atoms with Gasteiger partial charge in [-0.15, -0.1) is 0 Å². The van der Waals surface area contributed by atoms with Crippen molar-refractivity contribution >= 4 is 17.5 Å². The summed E-state index contributed by atoms with van der Waals surface area (Å²) in [6, 6.07) is 4.54. The van der Waals surface area contributed by atoms with E-state index in [1.807, 2.05) is 6.92 Å². The van der Waals surface area contributed by atoms with E-state index in [1.54, 1.807) is 11.9 Å². The molecule has 1 amide bonds. The lowest BCUT2D eigenvalue weighted by atomic mass is 10.0. The lowest BCUT2D eigenvalue weighted by Gasteiger charge is -2.26. The first-order valence-electron chi connectivity index (χ1n) is 6.08. The Kier molecular flexibility index (Phi) is 5.03. The number of carbonyl (C=O) groups excluding carboxylic acids is 1. The summed E-state index contributed by atoms with van der Waals surface area (Å²) in [6.07, 6.45) is 0.929. The predicted molar refractivity (Wildman–Crippen MR) is 74.1 cm³/mol. The summed E-state index contributed by atoms with van der Waals surface area (Å²) >= 11 is 5.99. The Morgan fingerprint density at radius 3 is 2.56 bits per heavy atom. The maximum atomic E-state index is 12.3. The third kappa shape index (κ3) is 3.64. The summed E-state index contributed by atoms with van der Waals surface area (Å²) in [4.78, 5) is 13.9. The lowest BCUT2D eigenvalue weighted by molar-refractivity contribution is 0.0728. The van der Waals surface area contributed by atoms with E-state index < -0.39 is 0 Å². The van der Waals surface area contributed by atoms with Gasteiger partial charge in [-0.05, 0) is 37.5 Å². The molecule has 0 aliphatic rings. The highest BCUT2D eigenvalue weighted by atomic mass is 35.5. The lowest BCUT2D eigenvalue weighted by Crippen LogP contribution is -2.36. The molecule has 1 atom stereocenters. The topological polar surface area (TPSA) is 40.5 Å². The van der Waals surface area contributed by atoms with E-state index in [4.69, 9.17) is 11.6 Å². The van der Waals surface area contributed by atoms with Gasteiger partial charge in [-0.25, -0.2) is 0 Å². The molecule has 4 heteroatoms. The number of aromatic hydroxyl groups is 1. The number of carbonyl (C=O) groups is 1. The fraction of sp³-hybridized carbons (Fsp3) is 0.500. The molecule has 1 aromatic rings. The fourth-order valence-electron chi connectivity index (χ4n) is 1.91. The van der Waals surface area contributed by atoms with Crippen LogP contribution < -0.4 is 0 Å². The van der Waals surface area contributed by atoms with Crippen molar-refractivity contribution in [3.05, 3.63) is 28.8 Å². The van der Waals surface area contributed by atoms with Gasteiger partial charge in [-0.2, -0.15) is 0 Å². The van der Waals surface area contributed by atoms with Crippen LogP contribution in [0.1, 0.15) is 37.6 Å². The van der Waals surface area contributed by atoms with E-state index >= 15 is 0 Å². The van der Waals surface area contributed by atoms with E-state index in [9.17, 15) is 9.90 Å². The van der Waals surface area contributed by atoms with Gasteiger partial charge in [0.15, 0.2) is 0 Å². The van der Waals surface area contributed by atoms with Crippen LogP contribution in [0.4, 0.5) is 0 Å². The Morgan fingerprint density at radius 2 is 2.00 bits per heavy atom. The third-order valence-corrected chi connectivity index (χ3v) is 3.30. The molecule has 0 radical (unpaired) electrons. The van der Waals surface area contributed by atoms with Gasteiger partial charge >= 0.3 is 0 Å². The Balaban J connectivity index is 2.89. The summed E-state index contributed by atoms with van der Waals surface area (Å²) in [5, 5.41) is 9.79. The Labute approximate surface area is 113 Å². The molecule has 0 aliphatic carbocycles. The predicted octanol–water partition coefficient (Wildman–Crippen LogP) is 3.55. The minimum absolute atomic E-state index is 0.0488. The maximum Gasteiger partial charge on any atom is 0.255 e. The average Bonchev–Trinajstić information content (AvgIpc) is 2.29. The second kappa shape index (κ2) is 6.10. The molecule has 0 saturated carbocycles. The van der Waals surface area contributed by atoms with Crippen LogP contribution in [0.25, 0.3) is 0 Å². The molecule has 1 rings (SSSR count). The van der Waals surface area contributed by atoms with E-state index in [2.05, 4.69) is 13.8 Å². The SMILES string of the molecule is CC(C)CC(C)N(C)C(=O)c1cc(O)ccc1Cl. The number of amides is 1. The van der Waals surface area contributed by atoms with Crippen molar-refractivity contribution in [3.8, 4) is 5.75 Å². The van der Waals surface area contributed by atoms with Crippen molar-refractivity contribution in [3.63, 3.8) is 0 Å². The van der Waals surface area contributed by atoms with Crippen molar-refractivity contribution in [1.29, 1.82) is 0 Å². The quantitative estimate of drug-likeness (QED) is 0.908. The molecule has 0 heterocycles. The number of phenols is 1. The minimum atomic E-state index is -0.163. The number of rotatable bonds is 4. The molecule has 0 aromatic heterocycles. The Morgan fingerprint density at radius 1 is 1.39 bits per heavy atom. The Bertz CT molecular complexity index is 432. The van der Waals surface area contributed by atoms with Gasteiger partial charge in [0.2, 0.25) is 0 Å². The van der Waals surface area contributed by atoms with Crippen molar-refractivity contribution in [2.45, 2.75) is 33.2 Å². The zero-order chi connectivity index (χ0) is 13.9. The summed E-state index contributed by atoms with van der Waals surface area (Å²) in [5.74, 6) is 0.409. The number of halogens is 1. The molecule has 0 saturated heterocycles. The summed E-state index contributed by atoms with van der Waals surface area (Å²) in [7, 11) is 1.76. The van der Waals surface area contributed by atoms with E-state index in [1.165, 1.54) is 18.2 Å². The molecule has 3 nitrogen and oxygen atoms in total. The number of hydrogen-bond acceptors (Lipinski definition) is 2. The molecular weight excluding hydrogens is 250 g/mol. The number of hydrogen-bond donors (Lipinski definition) is 1. The molecule has 100 valence electrons. The second-order valence-electron chi connectivity index (χ2n) is 5.06. The molecule has 1 N–H and O–H groups in total. The highest BCUT2D eigenvalue weighted by Crippen LogP contribution is 2.23. The highest BCUT2D eigenvalue weighted by Gasteiger charge is 2.20. The van der Waals surface area contributed by atoms with Crippen LogP contribution in [0.5, 0.6) is 5.75 Å². The van der Waals surface area contributed by atoms with Crippen LogP contribution in [0.15, 0.2) is 18.2 Å². The van der Waals surface area contributed by atoms with E-state index in [0.29, 0.717) is 16.5 Å². The largest absolute Gasteiger partial charge is 0.508 e. The molecule has 18 heavy (non-hydrogen) atoms. The average molecular weight is 270 g/mol. The zero-order valence-electron chi connectivity index (χ0n) is 11.3. The standard InChI is InChI=1S/C14H20ClNO2/c1-9(2)7-10(3)16(4)14(18)12-8-11(17)5-6-13(12)15/h5-6,8-10,17H,7H2,1-4H3. The minimum Gasteiger partial charge on any atom is -0.508 e. The molecule has 0 aliphatic heterocycles.